The molecule has 2 aliphatic rings. The minimum atomic E-state index is -0.154. The summed E-state index contributed by atoms with van der Waals surface area (Å²) in [6.07, 6.45) is 1.66. The van der Waals surface area contributed by atoms with Gasteiger partial charge in [0.1, 0.15) is 0 Å². The molecule has 0 spiro atoms. The Hall–Kier alpha value is -1.31. The van der Waals surface area contributed by atoms with Crippen LogP contribution < -0.4 is 10.6 Å². The number of morpholine rings is 1. The van der Waals surface area contributed by atoms with Gasteiger partial charge >= 0.3 is 6.03 Å². The fourth-order valence-electron chi connectivity index (χ4n) is 3.96. The van der Waals surface area contributed by atoms with Crippen molar-refractivity contribution in [2.45, 2.75) is 24.9 Å². The molecule has 28 heavy (non-hydrogen) atoms. The van der Waals surface area contributed by atoms with E-state index in [1.807, 2.05) is 6.07 Å². The zero-order valence-corrected chi connectivity index (χ0v) is 17.7. The summed E-state index contributed by atoms with van der Waals surface area (Å²) in [6, 6.07) is 7.92. The van der Waals surface area contributed by atoms with Crippen LogP contribution in [0.15, 0.2) is 29.6 Å². The van der Waals surface area contributed by atoms with Crippen LogP contribution in [-0.2, 0) is 11.2 Å². The number of rotatable bonds is 5. The predicted molar refractivity (Wildman–Crippen MR) is 114 cm³/mol. The maximum absolute atomic E-state index is 12.6. The summed E-state index contributed by atoms with van der Waals surface area (Å²) in [5, 5.41) is 9.41. The third-order valence-electron chi connectivity index (χ3n) is 5.41. The first kappa shape index (κ1) is 20.0. The van der Waals surface area contributed by atoms with Gasteiger partial charge in [0.2, 0.25) is 0 Å². The Balaban J connectivity index is 1.38. The number of nitrogens with zero attached hydrogens (tertiary/aromatic N) is 1. The average molecular weight is 440 g/mol. The van der Waals surface area contributed by atoms with E-state index in [9.17, 15) is 4.79 Å². The zero-order chi connectivity index (χ0) is 19.5. The SMILES string of the molecule is O=C(NCC(c1cccs1)N1CCOCC1)NC1CCc2c1ccc(Cl)c2Cl. The molecule has 2 heterocycles. The number of urea groups is 1. The van der Waals surface area contributed by atoms with Crippen molar-refractivity contribution in [3.8, 4) is 0 Å². The third kappa shape index (κ3) is 4.31. The Morgan fingerprint density at radius 1 is 1.29 bits per heavy atom. The van der Waals surface area contributed by atoms with Gasteiger partial charge in [-0.15, -0.1) is 11.3 Å². The van der Waals surface area contributed by atoms with Gasteiger partial charge in [0, 0.05) is 24.5 Å². The molecule has 0 bridgehead atoms. The first-order valence-corrected chi connectivity index (χ1v) is 11.1. The largest absolute Gasteiger partial charge is 0.379 e. The molecule has 1 fully saturated rings. The van der Waals surface area contributed by atoms with Gasteiger partial charge in [-0.2, -0.15) is 0 Å². The van der Waals surface area contributed by atoms with Gasteiger partial charge in [0.15, 0.2) is 0 Å². The number of carbonyl (C=O) groups excluding carboxylic acids is 1. The number of amides is 2. The molecule has 1 aromatic carbocycles. The topological polar surface area (TPSA) is 53.6 Å². The van der Waals surface area contributed by atoms with Crippen molar-refractivity contribution in [3.63, 3.8) is 0 Å². The number of nitrogens with one attached hydrogen (secondary N) is 2. The fraction of sp³-hybridized carbons (Fsp3) is 0.450. The van der Waals surface area contributed by atoms with Gasteiger partial charge in [0.05, 0.1) is 35.3 Å². The second-order valence-electron chi connectivity index (χ2n) is 7.05. The van der Waals surface area contributed by atoms with Gasteiger partial charge in [-0.25, -0.2) is 4.79 Å². The van der Waals surface area contributed by atoms with Crippen LogP contribution in [0.2, 0.25) is 10.0 Å². The number of halogens is 2. The molecule has 1 aliphatic heterocycles. The Kier molecular flexibility index (Phi) is 6.43. The van der Waals surface area contributed by atoms with Crippen LogP contribution in [0.1, 0.15) is 34.5 Å². The van der Waals surface area contributed by atoms with Crippen molar-refractivity contribution >= 4 is 40.6 Å². The van der Waals surface area contributed by atoms with Crippen LogP contribution in [0.25, 0.3) is 0 Å². The highest BCUT2D eigenvalue weighted by molar-refractivity contribution is 7.10. The maximum Gasteiger partial charge on any atom is 0.315 e. The molecule has 0 radical (unpaired) electrons. The van der Waals surface area contributed by atoms with Crippen molar-refractivity contribution in [3.05, 3.63) is 55.7 Å². The lowest BCUT2D eigenvalue weighted by atomic mass is 10.1. The van der Waals surface area contributed by atoms with Crippen LogP contribution in [0.3, 0.4) is 0 Å². The van der Waals surface area contributed by atoms with E-state index in [-0.39, 0.29) is 18.1 Å². The lowest BCUT2D eigenvalue weighted by Gasteiger charge is -2.34. The van der Waals surface area contributed by atoms with Crippen molar-refractivity contribution < 1.29 is 9.53 Å². The quantitative estimate of drug-likeness (QED) is 0.724. The highest BCUT2D eigenvalue weighted by atomic mass is 35.5. The molecule has 2 atom stereocenters. The molecule has 2 aromatic rings. The zero-order valence-electron chi connectivity index (χ0n) is 15.4. The first-order chi connectivity index (χ1) is 13.6. The van der Waals surface area contributed by atoms with Crippen molar-refractivity contribution in [2.75, 3.05) is 32.8 Å². The number of ether oxygens (including phenoxy) is 1. The lowest BCUT2D eigenvalue weighted by Crippen LogP contribution is -2.45. The van der Waals surface area contributed by atoms with E-state index in [1.165, 1.54) is 4.88 Å². The number of benzene rings is 1. The molecule has 2 N–H and O–H groups in total. The molecule has 150 valence electrons. The molecule has 1 aliphatic carbocycles. The van der Waals surface area contributed by atoms with Crippen LogP contribution in [0, 0.1) is 0 Å². The molecule has 2 unspecified atom stereocenters. The summed E-state index contributed by atoms with van der Waals surface area (Å²) in [5.41, 5.74) is 2.11. The highest BCUT2D eigenvalue weighted by Gasteiger charge is 2.28. The Morgan fingerprint density at radius 3 is 2.86 bits per heavy atom. The third-order valence-corrected chi connectivity index (χ3v) is 7.23. The summed E-state index contributed by atoms with van der Waals surface area (Å²) in [5.74, 6) is 0. The molecule has 0 saturated carbocycles. The molecule has 1 saturated heterocycles. The second-order valence-corrected chi connectivity index (χ2v) is 8.82. The standard InChI is InChI=1S/C20H23Cl2N3O2S/c21-15-5-3-13-14(19(15)22)4-6-16(13)24-20(26)23-12-17(18-2-1-11-28-18)25-7-9-27-10-8-25/h1-3,5,11,16-17H,4,6-10,12H2,(H2,23,24,26). The predicted octanol–water partition coefficient (Wildman–Crippen LogP) is 4.41. The molecular weight excluding hydrogens is 417 g/mol. The number of hydrogen-bond acceptors (Lipinski definition) is 4. The van der Waals surface area contributed by atoms with E-state index in [0.29, 0.717) is 16.6 Å². The highest BCUT2D eigenvalue weighted by Crippen LogP contribution is 2.39. The van der Waals surface area contributed by atoms with Gasteiger partial charge in [-0.3, -0.25) is 4.90 Å². The Labute approximate surface area is 179 Å². The monoisotopic (exact) mass is 439 g/mol. The summed E-state index contributed by atoms with van der Waals surface area (Å²) in [6.45, 7) is 3.78. The van der Waals surface area contributed by atoms with Crippen molar-refractivity contribution in [1.82, 2.24) is 15.5 Å². The first-order valence-electron chi connectivity index (χ1n) is 9.50. The van der Waals surface area contributed by atoms with Crippen LogP contribution in [-0.4, -0.2) is 43.8 Å². The summed E-state index contributed by atoms with van der Waals surface area (Å²) >= 11 is 14.1. The minimum Gasteiger partial charge on any atom is -0.379 e. The summed E-state index contributed by atoms with van der Waals surface area (Å²) in [4.78, 5) is 16.2. The lowest BCUT2D eigenvalue weighted by molar-refractivity contribution is 0.0174. The fourth-order valence-corrected chi connectivity index (χ4v) is 5.27. The molecule has 1 aromatic heterocycles. The van der Waals surface area contributed by atoms with Crippen molar-refractivity contribution in [2.24, 2.45) is 0 Å². The van der Waals surface area contributed by atoms with E-state index in [1.54, 1.807) is 17.4 Å². The van der Waals surface area contributed by atoms with Gasteiger partial charge < -0.3 is 15.4 Å². The Bertz CT molecular complexity index is 825. The molecule has 2 amide bonds. The number of carbonyl (C=O) groups is 1. The summed E-state index contributed by atoms with van der Waals surface area (Å²) < 4.78 is 5.47. The van der Waals surface area contributed by atoms with Gasteiger partial charge in [-0.05, 0) is 41.5 Å². The smallest absolute Gasteiger partial charge is 0.315 e. The summed E-state index contributed by atoms with van der Waals surface area (Å²) in [7, 11) is 0. The number of thiophene rings is 1. The maximum atomic E-state index is 12.6. The van der Waals surface area contributed by atoms with Gasteiger partial charge in [-0.1, -0.05) is 35.3 Å². The molecule has 5 nitrogen and oxygen atoms in total. The average Bonchev–Trinajstić information content (AvgIpc) is 3.37. The van der Waals surface area contributed by atoms with E-state index in [2.05, 4.69) is 33.0 Å². The molecule has 8 heteroatoms. The Morgan fingerprint density at radius 2 is 2.11 bits per heavy atom. The van der Waals surface area contributed by atoms with E-state index in [4.69, 9.17) is 27.9 Å². The van der Waals surface area contributed by atoms with E-state index >= 15 is 0 Å². The van der Waals surface area contributed by atoms with E-state index < -0.39 is 0 Å². The van der Waals surface area contributed by atoms with Crippen LogP contribution >= 0.6 is 34.5 Å². The van der Waals surface area contributed by atoms with E-state index in [0.717, 1.165) is 50.3 Å². The van der Waals surface area contributed by atoms with Crippen LogP contribution in [0.5, 0.6) is 0 Å². The van der Waals surface area contributed by atoms with Gasteiger partial charge in [0.25, 0.3) is 0 Å². The molecule has 4 rings (SSSR count). The number of hydrogen-bond donors (Lipinski definition) is 2. The molecular formula is C20H23Cl2N3O2S. The normalized spacial score (nSPS) is 20.6. The number of fused-ring (bicyclic) bond motifs is 1. The van der Waals surface area contributed by atoms with Crippen LogP contribution in [0.4, 0.5) is 4.79 Å². The minimum absolute atomic E-state index is 0.0339. The second kappa shape index (κ2) is 9.01. The van der Waals surface area contributed by atoms with Crippen molar-refractivity contribution in [1.29, 1.82) is 0 Å².